The summed E-state index contributed by atoms with van der Waals surface area (Å²) < 4.78 is 14.1. The first-order valence-electron chi connectivity index (χ1n) is 8.67. The van der Waals surface area contributed by atoms with Crippen molar-refractivity contribution in [2.75, 3.05) is 4.90 Å². The lowest BCUT2D eigenvalue weighted by atomic mass is 10.2. The van der Waals surface area contributed by atoms with Gasteiger partial charge in [-0.15, -0.1) is 0 Å². The molecule has 1 unspecified atom stereocenters. The van der Waals surface area contributed by atoms with Crippen molar-refractivity contribution < 1.29 is 28.5 Å². The molecule has 1 saturated heterocycles. The fourth-order valence-electron chi connectivity index (χ4n) is 3.01. The molecule has 11 heteroatoms. The molecule has 10 nitrogen and oxygen atoms in total. The minimum Gasteiger partial charge on any atom is -0.274 e. The summed E-state index contributed by atoms with van der Waals surface area (Å²) in [5.74, 6) is -4.07. The van der Waals surface area contributed by atoms with E-state index < -0.39 is 46.8 Å². The number of nitrogens with zero attached hydrogens (tertiary/aromatic N) is 3. The fourth-order valence-corrected chi connectivity index (χ4v) is 3.01. The Hall–Kier alpha value is -4.15. The Kier molecular flexibility index (Phi) is 5.54. The zero-order valence-electron chi connectivity index (χ0n) is 15.6. The molecule has 2 aromatic rings. The molecule has 0 radical (unpaired) electrons. The average molecular weight is 414 g/mol. The number of nitro groups is 1. The third-order valence-corrected chi connectivity index (χ3v) is 4.41. The highest BCUT2D eigenvalue weighted by Gasteiger charge is 2.45. The number of anilines is 1. The summed E-state index contributed by atoms with van der Waals surface area (Å²) >= 11 is 0. The number of nitrogens with one attached hydrogen (secondary N) is 1. The third kappa shape index (κ3) is 3.85. The lowest BCUT2D eigenvalue weighted by Gasteiger charge is -2.26. The lowest BCUT2D eigenvalue weighted by molar-refractivity contribution is -0.384. The summed E-state index contributed by atoms with van der Waals surface area (Å²) in [4.78, 5) is 60.5. The molecule has 1 fully saturated rings. The molecule has 1 N–H and O–H groups in total. The van der Waals surface area contributed by atoms with Gasteiger partial charge >= 0.3 is 0 Å². The van der Waals surface area contributed by atoms with Gasteiger partial charge in [0.05, 0.1) is 17.0 Å². The molecule has 0 spiro atoms. The van der Waals surface area contributed by atoms with Crippen LogP contribution in [0.5, 0.6) is 0 Å². The quantitative estimate of drug-likeness (QED) is 0.459. The number of benzene rings is 2. The second-order valence-corrected chi connectivity index (χ2v) is 6.38. The van der Waals surface area contributed by atoms with Crippen LogP contribution in [0.15, 0.2) is 48.5 Å². The second kappa shape index (κ2) is 8.07. The molecule has 2 aromatic carbocycles. The first-order valence-corrected chi connectivity index (χ1v) is 8.67. The average Bonchev–Trinajstić information content (AvgIpc) is 3.00. The van der Waals surface area contributed by atoms with E-state index in [2.05, 4.69) is 5.43 Å². The number of halogens is 1. The van der Waals surface area contributed by atoms with Gasteiger partial charge < -0.3 is 0 Å². The van der Waals surface area contributed by atoms with Crippen molar-refractivity contribution in [3.63, 3.8) is 0 Å². The zero-order chi connectivity index (χ0) is 22.0. The van der Waals surface area contributed by atoms with Crippen LogP contribution in [-0.2, 0) is 14.4 Å². The maximum atomic E-state index is 14.1. The number of carbonyl (C=O) groups excluding carboxylic acids is 4. The van der Waals surface area contributed by atoms with Crippen LogP contribution in [0.2, 0.25) is 0 Å². The van der Waals surface area contributed by atoms with E-state index in [0.717, 1.165) is 19.1 Å². The van der Waals surface area contributed by atoms with E-state index in [1.54, 1.807) is 0 Å². The van der Waals surface area contributed by atoms with E-state index in [4.69, 9.17) is 0 Å². The number of para-hydroxylation sites is 1. The van der Waals surface area contributed by atoms with Crippen LogP contribution in [0.4, 0.5) is 15.8 Å². The molecule has 1 aliphatic heterocycles. The van der Waals surface area contributed by atoms with Gasteiger partial charge in [0.15, 0.2) is 0 Å². The fraction of sp³-hybridized carbons (Fsp3) is 0.158. The van der Waals surface area contributed by atoms with Gasteiger partial charge in [-0.25, -0.2) is 14.3 Å². The third-order valence-electron chi connectivity index (χ3n) is 4.41. The first-order chi connectivity index (χ1) is 14.2. The number of rotatable bonds is 4. The van der Waals surface area contributed by atoms with Crippen molar-refractivity contribution >= 4 is 35.0 Å². The van der Waals surface area contributed by atoms with E-state index in [-0.39, 0.29) is 16.9 Å². The monoisotopic (exact) mass is 414 g/mol. The van der Waals surface area contributed by atoms with Gasteiger partial charge in [0.25, 0.3) is 17.5 Å². The topological polar surface area (TPSA) is 130 Å². The predicted molar refractivity (Wildman–Crippen MR) is 100 cm³/mol. The number of non-ortho nitro benzene ring substituents is 1. The van der Waals surface area contributed by atoms with Crippen molar-refractivity contribution in [3.8, 4) is 0 Å². The first kappa shape index (κ1) is 20.6. The van der Waals surface area contributed by atoms with E-state index in [1.165, 1.54) is 36.4 Å². The molecule has 0 saturated carbocycles. The van der Waals surface area contributed by atoms with Crippen molar-refractivity contribution in [2.45, 2.75) is 19.4 Å². The molecule has 0 aliphatic carbocycles. The van der Waals surface area contributed by atoms with E-state index in [0.29, 0.717) is 9.91 Å². The number of hydrogen-bond donors (Lipinski definition) is 1. The summed E-state index contributed by atoms with van der Waals surface area (Å²) in [5, 5.41) is 11.6. The molecule has 154 valence electrons. The number of imide groups is 1. The minimum atomic E-state index is -1.39. The molecule has 0 bridgehead atoms. The van der Waals surface area contributed by atoms with Crippen molar-refractivity contribution in [3.05, 3.63) is 70.0 Å². The van der Waals surface area contributed by atoms with Gasteiger partial charge in [-0.1, -0.05) is 18.2 Å². The summed E-state index contributed by atoms with van der Waals surface area (Å²) in [6.45, 7) is 1.07. The Morgan fingerprint density at radius 1 is 1.20 bits per heavy atom. The number of hydrogen-bond acceptors (Lipinski definition) is 6. The molecule has 30 heavy (non-hydrogen) atoms. The van der Waals surface area contributed by atoms with E-state index >= 15 is 0 Å². The molecular formula is C19H15FN4O6. The molecule has 1 atom stereocenters. The second-order valence-electron chi connectivity index (χ2n) is 6.38. The maximum absolute atomic E-state index is 14.1. The molecule has 0 aromatic heterocycles. The summed E-state index contributed by atoms with van der Waals surface area (Å²) in [6.07, 6.45) is -0.470. The van der Waals surface area contributed by atoms with Crippen LogP contribution in [0.25, 0.3) is 0 Å². The zero-order valence-corrected chi connectivity index (χ0v) is 15.6. The van der Waals surface area contributed by atoms with E-state index in [1.807, 2.05) is 0 Å². The predicted octanol–water partition coefficient (Wildman–Crippen LogP) is 1.56. The van der Waals surface area contributed by atoms with E-state index in [9.17, 15) is 33.7 Å². The number of nitro benzene ring substituents is 1. The molecule has 1 aliphatic rings. The van der Waals surface area contributed by atoms with Gasteiger partial charge in [-0.2, -0.15) is 0 Å². The van der Waals surface area contributed by atoms with Crippen molar-refractivity contribution in [1.82, 2.24) is 10.4 Å². The minimum absolute atomic E-state index is 0.127. The summed E-state index contributed by atoms with van der Waals surface area (Å²) in [7, 11) is 0. The number of hydrazine groups is 1. The SMILES string of the molecule is CC(=O)N(NC(=O)c1cccc([N+](=O)[O-])c1)C1CC(=O)N(c2ccccc2F)C1=O. The van der Waals surface area contributed by atoms with Gasteiger partial charge in [-0.3, -0.25) is 34.7 Å². The van der Waals surface area contributed by atoms with Crippen molar-refractivity contribution in [2.24, 2.45) is 0 Å². The van der Waals surface area contributed by atoms with Gasteiger partial charge in [0.1, 0.15) is 11.9 Å². The molecule has 4 amide bonds. The summed E-state index contributed by atoms with van der Waals surface area (Å²) in [6, 6.07) is 8.53. The Bertz CT molecular complexity index is 1070. The maximum Gasteiger partial charge on any atom is 0.270 e. The van der Waals surface area contributed by atoms with Crippen LogP contribution in [0.1, 0.15) is 23.7 Å². The lowest BCUT2D eigenvalue weighted by Crippen LogP contribution is -2.54. The van der Waals surface area contributed by atoms with Crippen molar-refractivity contribution in [1.29, 1.82) is 0 Å². The van der Waals surface area contributed by atoms with Crippen LogP contribution in [0, 0.1) is 15.9 Å². The molecule has 1 heterocycles. The molecular weight excluding hydrogens is 399 g/mol. The van der Waals surface area contributed by atoms with Gasteiger partial charge in [0, 0.05) is 24.6 Å². The van der Waals surface area contributed by atoms with Crippen LogP contribution in [0.3, 0.4) is 0 Å². The Morgan fingerprint density at radius 2 is 1.90 bits per heavy atom. The Labute approximate surface area is 169 Å². The van der Waals surface area contributed by atoms with Gasteiger partial charge in [-0.05, 0) is 18.2 Å². The smallest absolute Gasteiger partial charge is 0.270 e. The number of amides is 4. The Balaban J connectivity index is 1.86. The summed E-state index contributed by atoms with van der Waals surface area (Å²) in [5.41, 5.74) is 1.48. The van der Waals surface area contributed by atoms with Gasteiger partial charge in [0.2, 0.25) is 11.8 Å². The van der Waals surface area contributed by atoms with Crippen LogP contribution in [-0.4, -0.2) is 39.6 Å². The highest BCUT2D eigenvalue weighted by Crippen LogP contribution is 2.27. The highest BCUT2D eigenvalue weighted by molar-refractivity contribution is 6.23. The van der Waals surface area contributed by atoms with Crippen LogP contribution < -0.4 is 10.3 Å². The molecule has 3 rings (SSSR count). The normalized spacial score (nSPS) is 15.8. The van der Waals surface area contributed by atoms with Crippen LogP contribution >= 0.6 is 0 Å². The highest BCUT2D eigenvalue weighted by atomic mass is 19.1. The standard InChI is InChI=1S/C19H15FN4O6/c1-11(25)23(21-18(27)12-5-4-6-13(9-12)24(29)30)16-10-17(26)22(19(16)28)15-8-3-2-7-14(15)20/h2-9,16H,10H2,1H3,(H,21,27). The number of carbonyl (C=O) groups is 4. The largest absolute Gasteiger partial charge is 0.274 e. The Morgan fingerprint density at radius 3 is 2.53 bits per heavy atom.